The quantitative estimate of drug-likeness (QED) is 0.387. The van der Waals surface area contributed by atoms with E-state index in [1.165, 1.54) is 7.11 Å². The van der Waals surface area contributed by atoms with Crippen LogP contribution in [-0.2, 0) is 17.8 Å². The number of nitrogens with one attached hydrogen (secondary N) is 3. The van der Waals surface area contributed by atoms with Gasteiger partial charge in [-0.15, -0.1) is 0 Å². The smallest absolute Gasteiger partial charge is 0.411 e. The molecular weight excluding hydrogens is 404 g/mol. The van der Waals surface area contributed by atoms with Crippen LogP contribution < -0.4 is 16.0 Å². The van der Waals surface area contributed by atoms with E-state index >= 15 is 0 Å². The van der Waals surface area contributed by atoms with Gasteiger partial charge in [0.2, 0.25) is 0 Å². The summed E-state index contributed by atoms with van der Waals surface area (Å²) in [4.78, 5) is 16.0. The topological polar surface area (TPSA) is 92.6 Å². The van der Waals surface area contributed by atoms with E-state index in [-0.39, 0.29) is 0 Å². The van der Waals surface area contributed by atoms with Crippen LogP contribution in [-0.4, -0.2) is 35.5 Å². The van der Waals surface area contributed by atoms with Crippen LogP contribution >= 0.6 is 0 Å². The van der Waals surface area contributed by atoms with E-state index < -0.39 is 6.09 Å². The highest BCUT2D eigenvalue weighted by molar-refractivity contribution is 5.84. The number of aliphatic imine (C=N–C) groups is 1. The number of hydrogen-bond acceptors (Lipinski definition) is 4. The molecule has 8 heteroatoms. The fourth-order valence-electron chi connectivity index (χ4n) is 3.29. The predicted octanol–water partition coefficient (Wildman–Crippen LogP) is 3.92. The standard InChI is InChI=1S/C24H30N6O2/c1-5-25-23(26-15-19-10-12-21(13-11-19)28-24(31)32-4)27-16-20-8-6-7-9-22(20)30-18(3)14-17(2)29-30/h6-14H,5,15-16H2,1-4H3,(H,28,31)(H2,25,26,27). The molecule has 0 aliphatic heterocycles. The number of benzene rings is 2. The van der Waals surface area contributed by atoms with E-state index in [9.17, 15) is 4.79 Å². The van der Waals surface area contributed by atoms with Crippen LogP contribution in [0.15, 0.2) is 59.6 Å². The molecule has 168 valence electrons. The zero-order valence-electron chi connectivity index (χ0n) is 19.0. The molecule has 0 spiro atoms. The van der Waals surface area contributed by atoms with Crippen molar-refractivity contribution in [1.82, 2.24) is 20.4 Å². The van der Waals surface area contributed by atoms with E-state index in [1.54, 1.807) is 0 Å². The Labute approximate surface area is 188 Å². The molecule has 0 unspecified atom stereocenters. The number of guanidine groups is 1. The van der Waals surface area contributed by atoms with Crippen molar-refractivity contribution in [3.63, 3.8) is 0 Å². The van der Waals surface area contributed by atoms with E-state index in [2.05, 4.69) is 55.9 Å². The number of aryl methyl sites for hydroxylation is 2. The minimum atomic E-state index is -0.491. The fraction of sp³-hybridized carbons (Fsp3) is 0.292. The highest BCUT2D eigenvalue weighted by Gasteiger charge is 2.09. The van der Waals surface area contributed by atoms with Gasteiger partial charge in [0.05, 0.1) is 25.0 Å². The van der Waals surface area contributed by atoms with E-state index in [0.29, 0.717) is 18.8 Å². The minimum absolute atomic E-state index is 0.491. The van der Waals surface area contributed by atoms with Gasteiger partial charge in [-0.25, -0.2) is 14.5 Å². The lowest BCUT2D eigenvalue weighted by Gasteiger charge is -2.15. The summed E-state index contributed by atoms with van der Waals surface area (Å²) in [6.45, 7) is 7.97. The van der Waals surface area contributed by atoms with Crippen molar-refractivity contribution in [2.75, 3.05) is 19.0 Å². The van der Waals surface area contributed by atoms with Gasteiger partial charge in [0.15, 0.2) is 5.96 Å². The molecule has 0 bridgehead atoms. The van der Waals surface area contributed by atoms with Crippen LogP contribution in [0.25, 0.3) is 5.69 Å². The molecule has 3 rings (SSSR count). The predicted molar refractivity (Wildman–Crippen MR) is 127 cm³/mol. The maximum atomic E-state index is 11.3. The number of carbonyl (C=O) groups is 1. The SMILES string of the molecule is CCNC(=NCc1ccc(NC(=O)OC)cc1)NCc1ccccc1-n1nc(C)cc1C. The third-order valence-corrected chi connectivity index (χ3v) is 4.83. The van der Waals surface area contributed by atoms with Crippen LogP contribution in [0.1, 0.15) is 29.4 Å². The first-order valence-electron chi connectivity index (χ1n) is 10.6. The van der Waals surface area contributed by atoms with Crippen molar-refractivity contribution < 1.29 is 9.53 Å². The number of hydrogen-bond donors (Lipinski definition) is 3. The van der Waals surface area contributed by atoms with Crippen molar-refractivity contribution in [2.24, 2.45) is 4.99 Å². The molecule has 2 aromatic carbocycles. The zero-order chi connectivity index (χ0) is 22.9. The number of rotatable bonds is 7. The number of amides is 1. The maximum Gasteiger partial charge on any atom is 0.411 e. The monoisotopic (exact) mass is 434 g/mol. The molecule has 1 amide bonds. The molecule has 0 radical (unpaired) electrons. The highest BCUT2D eigenvalue weighted by Crippen LogP contribution is 2.17. The molecule has 32 heavy (non-hydrogen) atoms. The number of ether oxygens (including phenoxy) is 1. The Balaban J connectivity index is 1.68. The lowest BCUT2D eigenvalue weighted by Crippen LogP contribution is -2.37. The Kier molecular flexibility index (Phi) is 7.85. The number of aromatic nitrogens is 2. The van der Waals surface area contributed by atoms with Gasteiger partial charge in [-0.2, -0.15) is 5.10 Å². The van der Waals surface area contributed by atoms with Gasteiger partial charge in [0.25, 0.3) is 0 Å². The summed E-state index contributed by atoms with van der Waals surface area (Å²) >= 11 is 0. The van der Waals surface area contributed by atoms with Gasteiger partial charge in [-0.05, 0) is 56.2 Å². The molecule has 3 N–H and O–H groups in total. The average Bonchev–Trinajstić information content (AvgIpc) is 3.14. The van der Waals surface area contributed by atoms with Crippen molar-refractivity contribution in [3.05, 3.63) is 77.1 Å². The summed E-state index contributed by atoms with van der Waals surface area (Å²) in [5, 5.41) is 14.0. The van der Waals surface area contributed by atoms with E-state index in [0.717, 1.165) is 40.7 Å². The zero-order valence-corrected chi connectivity index (χ0v) is 19.0. The molecule has 0 aliphatic carbocycles. The maximum absolute atomic E-state index is 11.3. The summed E-state index contributed by atoms with van der Waals surface area (Å²) in [5.41, 5.74) is 5.97. The second kappa shape index (κ2) is 11.0. The van der Waals surface area contributed by atoms with Gasteiger partial charge >= 0.3 is 6.09 Å². The number of methoxy groups -OCH3 is 1. The Morgan fingerprint density at radius 1 is 1.09 bits per heavy atom. The number of carbonyl (C=O) groups excluding carboxylic acids is 1. The molecule has 1 aromatic heterocycles. The number of para-hydroxylation sites is 1. The second-order valence-corrected chi connectivity index (χ2v) is 7.33. The van der Waals surface area contributed by atoms with E-state index in [1.807, 2.05) is 54.9 Å². The highest BCUT2D eigenvalue weighted by atomic mass is 16.5. The van der Waals surface area contributed by atoms with Crippen molar-refractivity contribution >= 4 is 17.7 Å². The molecular formula is C24H30N6O2. The van der Waals surface area contributed by atoms with E-state index in [4.69, 9.17) is 0 Å². The lowest BCUT2D eigenvalue weighted by atomic mass is 10.1. The molecule has 0 saturated carbocycles. The molecule has 1 heterocycles. The first-order valence-corrected chi connectivity index (χ1v) is 10.6. The molecule has 0 saturated heterocycles. The minimum Gasteiger partial charge on any atom is -0.453 e. The Morgan fingerprint density at radius 3 is 2.50 bits per heavy atom. The summed E-state index contributed by atoms with van der Waals surface area (Å²) < 4.78 is 6.58. The summed E-state index contributed by atoms with van der Waals surface area (Å²) in [6.07, 6.45) is -0.491. The normalized spacial score (nSPS) is 11.2. The summed E-state index contributed by atoms with van der Waals surface area (Å²) in [5.74, 6) is 0.729. The Hall–Kier alpha value is -3.81. The average molecular weight is 435 g/mol. The van der Waals surface area contributed by atoms with Crippen LogP contribution in [0.5, 0.6) is 0 Å². The number of anilines is 1. The van der Waals surface area contributed by atoms with Gasteiger partial charge in [0.1, 0.15) is 0 Å². The van der Waals surface area contributed by atoms with Gasteiger partial charge in [-0.3, -0.25) is 5.32 Å². The summed E-state index contributed by atoms with van der Waals surface area (Å²) in [7, 11) is 1.34. The Morgan fingerprint density at radius 2 is 1.84 bits per heavy atom. The van der Waals surface area contributed by atoms with Crippen molar-refractivity contribution in [1.29, 1.82) is 0 Å². The van der Waals surface area contributed by atoms with Gasteiger partial charge < -0.3 is 15.4 Å². The first kappa shape index (κ1) is 22.9. The third kappa shape index (κ3) is 6.10. The largest absolute Gasteiger partial charge is 0.453 e. The van der Waals surface area contributed by atoms with Crippen LogP contribution in [0.4, 0.5) is 10.5 Å². The van der Waals surface area contributed by atoms with Crippen LogP contribution in [0.3, 0.4) is 0 Å². The van der Waals surface area contributed by atoms with Crippen LogP contribution in [0, 0.1) is 13.8 Å². The Bertz CT molecular complexity index is 1070. The molecule has 0 atom stereocenters. The van der Waals surface area contributed by atoms with Crippen molar-refractivity contribution in [3.8, 4) is 5.69 Å². The molecule has 0 aliphatic rings. The third-order valence-electron chi connectivity index (χ3n) is 4.83. The molecule has 0 fully saturated rings. The first-order chi connectivity index (χ1) is 15.5. The second-order valence-electron chi connectivity index (χ2n) is 7.33. The summed E-state index contributed by atoms with van der Waals surface area (Å²) in [6, 6.07) is 17.8. The fourth-order valence-corrected chi connectivity index (χ4v) is 3.29. The van der Waals surface area contributed by atoms with Crippen LogP contribution in [0.2, 0.25) is 0 Å². The van der Waals surface area contributed by atoms with Gasteiger partial charge in [0, 0.05) is 24.5 Å². The molecule has 3 aromatic rings. The van der Waals surface area contributed by atoms with Crippen molar-refractivity contribution in [2.45, 2.75) is 33.9 Å². The van der Waals surface area contributed by atoms with Gasteiger partial charge in [-0.1, -0.05) is 30.3 Å². The number of nitrogens with zero attached hydrogens (tertiary/aromatic N) is 3. The lowest BCUT2D eigenvalue weighted by molar-refractivity contribution is 0.187. The molecule has 8 nitrogen and oxygen atoms in total.